The Labute approximate surface area is 96.9 Å². The number of rotatable bonds is 2. The fourth-order valence-electron chi connectivity index (χ4n) is 1.84. The highest BCUT2D eigenvalue weighted by Crippen LogP contribution is 2.35. The Bertz CT molecular complexity index is 225. The van der Waals surface area contributed by atoms with E-state index >= 15 is 0 Å². The average molecular weight is 238 g/mol. The minimum absolute atomic E-state index is 0. The number of halogens is 1. The molecule has 0 aromatic rings. The number of hydrogen-bond donors (Lipinski definition) is 1. The van der Waals surface area contributed by atoms with Crippen molar-refractivity contribution in [2.75, 3.05) is 14.2 Å². The van der Waals surface area contributed by atoms with Gasteiger partial charge in [0.25, 0.3) is 0 Å². The van der Waals surface area contributed by atoms with E-state index in [4.69, 9.17) is 10.5 Å². The van der Waals surface area contributed by atoms with E-state index < -0.39 is 5.54 Å². The third-order valence-corrected chi connectivity index (χ3v) is 3.28. The van der Waals surface area contributed by atoms with Gasteiger partial charge in [0.1, 0.15) is 5.54 Å². The van der Waals surface area contributed by atoms with E-state index in [1.54, 1.807) is 7.11 Å². The molecule has 0 amide bonds. The van der Waals surface area contributed by atoms with Gasteiger partial charge in [0.2, 0.25) is 0 Å². The second-order valence-corrected chi connectivity index (χ2v) is 4.30. The minimum Gasteiger partial charge on any atom is -0.468 e. The van der Waals surface area contributed by atoms with E-state index in [1.807, 2.05) is 6.92 Å². The Morgan fingerprint density at radius 3 is 2.00 bits per heavy atom. The van der Waals surface area contributed by atoms with Gasteiger partial charge >= 0.3 is 5.97 Å². The Morgan fingerprint density at radius 2 is 1.67 bits per heavy atom. The van der Waals surface area contributed by atoms with E-state index in [-0.39, 0.29) is 24.0 Å². The molecule has 5 heteroatoms. The standard InChI is InChI=1S/C10H19NO3.ClH/c1-9(14-3)4-6-10(11,7-5-9)8(12)13-2;/h4-7,11H2,1-3H3;1H/t9-,10+;. The Hall–Kier alpha value is -0.320. The molecule has 0 aromatic carbocycles. The van der Waals surface area contributed by atoms with Gasteiger partial charge < -0.3 is 15.2 Å². The number of carbonyl (C=O) groups is 1. The van der Waals surface area contributed by atoms with Crippen LogP contribution in [0.1, 0.15) is 32.6 Å². The first kappa shape index (κ1) is 14.7. The molecule has 0 aromatic heterocycles. The van der Waals surface area contributed by atoms with E-state index in [0.29, 0.717) is 12.8 Å². The Morgan fingerprint density at radius 1 is 1.20 bits per heavy atom. The molecule has 0 radical (unpaired) electrons. The van der Waals surface area contributed by atoms with Crippen LogP contribution >= 0.6 is 12.4 Å². The minimum atomic E-state index is -0.799. The van der Waals surface area contributed by atoms with Gasteiger partial charge in [0.05, 0.1) is 12.7 Å². The van der Waals surface area contributed by atoms with Gasteiger partial charge in [-0.2, -0.15) is 0 Å². The molecule has 1 aliphatic rings. The molecule has 0 atom stereocenters. The van der Waals surface area contributed by atoms with Crippen molar-refractivity contribution in [1.82, 2.24) is 0 Å². The van der Waals surface area contributed by atoms with Crippen LogP contribution in [0.4, 0.5) is 0 Å². The first-order chi connectivity index (χ1) is 6.46. The highest BCUT2D eigenvalue weighted by molar-refractivity contribution is 5.85. The maximum atomic E-state index is 11.4. The summed E-state index contributed by atoms with van der Waals surface area (Å²) in [6.07, 6.45) is 2.86. The number of hydrogen-bond acceptors (Lipinski definition) is 4. The third kappa shape index (κ3) is 3.06. The van der Waals surface area contributed by atoms with E-state index in [9.17, 15) is 4.79 Å². The molecule has 0 heterocycles. The van der Waals surface area contributed by atoms with Crippen LogP contribution in [0.25, 0.3) is 0 Å². The number of carbonyl (C=O) groups excluding carboxylic acids is 1. The zero-order valence-electron chi connectivity index (χ0n) is 9.54. The summed E-state index contributed by atoms with van der Waals surface area (Å²) in [6, 6.07) is 0. The fraction of sp³-hybridized carbons (Fsp3) is 0.900. The van der Waals surface area contributed by atoms with Gasteiger partial charge in [-0.3, -0.25) is 4.79 Å². The maximum Gasteiger partial charge on any atom is 0.325 e. The van der Waals surface area contributed by atoms with Crippen LogP contribution in [0.15, 0.2) is 0 Å². The van der Waals surface area contributed by atoms with Crippen molar-refractivity contribution < 1.29 is 14.3 Å². The largest absolute Gasteiger partial charge is 0.468 e. The van der Waals surface area contributed by atoms with Crippen molar-refractivity contribution in [3.05, 3.63) is 0 Å². The normalized spacial score (nSPS) is 35.5. The number of ether oxygens (including phenoxy) is 2. The molecule has 1 aliphatic carbocycles. The smallest absolute Gasteiger partial charge is 0.325 e. The highest BCUT2D eigenvalue weighted by Gasteiger charge is 2.43. The van der Waals surface area contributed by atoms with Crippen LogP contribution < -0.4 is 5.73 Å². The molecule has 2 N–H and O–H groups in total. The molecule has 0 aliphatic heterocycles. The molecule has 0 unspecified atom stereocenters. The first-order valence-corrected chi connectivity index (χ1v) is 4.88. The SMILES string of the molecule is COC(=O)[C@]1(N)CC[C@@](C)(OC)CC1.Cl. The lowest BCUT2D eigenvalue weighted by atomic mass is 9.75. The monoisotopic (exact) mass is 237 g/mol. The summed E-state index contributed by atoms with van der Waals surface area (Å²) in [7, 11) is 3.07. The molecular weight excluding hydrogens is 218 g/mol. The van der Waals surface area contributed by atoms with Gasteiger partial charge in [-0.15, -0.1) is 12.4 Å². The summed E-state index contributed by atoms with van der Waals surface area (Å²) < 4.78 is 10.1. The summed E-state index contributed by atoms with van der Waals surface area (Å²) >= 11 is 0. The molecular formula is C10H20ClNO3. The molecule has 15 heavy (non-hydrogen) atoms. The van der Waals surface area contributed by atoms with Crippen molar-refractivity contribution >= 4 is 18.4 Å². The highest BCUT2D eigenvalue weighted by atomic mass is 35.5. The van der Waals surface area contributed by atoms with Crippen LogP contribution in [-0.4, -0.2) is 31.3 Å². The number of esters is 1. The van der Waals surface area contributed by atoms with E-state index in [2.05, 4.69) is 4.74 Å². The van der Waals surface area contributed by atoms with Crippen LogP contribution in [0.2, 0.25) is 0 Å². The molecule has 0 spiro atoms. The third-order valence-electron chi connectivity index (χ3n) is 3.28. The van der Waals surface area contributed by atoms with Crippen LogP contribution in [0.5, 0.6) is 0 Å². The molecule has 90 valence electrons. The van der Waals surface area contributed by atoms with Crippen molar-refractivity contribution in [2.24, 2.45) is 5.73 Å². The van der Waals surface area contributed by atoms with Gasteiger partial charge in [-0.05, 0) is 32.6 Å². The van der Waals surface area contributed by atoms with Crippen molar-refractivity contribution in [3.8, 4) is 0 Å². The van der Waals surface area contributed by atoms with Crippen LogP contribution in [0.3, 0.4) is 0 Å². The predicted molar refractivity (Wildman–Crippen MR) is 60.1 cm³/mol. The Balaban J connectivity index is 0.00000196. The van der Waals surface area contributed by atoms with E-state index in [0.717, 1.165) is 12.8 Å². The van der Waals surface area contributed by atoms with Crippen LogP contribution in [-0.2, 0) is 14.3 Å². The lowest BCUT2D eigenvalue weighted by Crippen LogP contribution is -2.54. The summed E-state index contributed by atoms with van der Waals surface area (Å²) in [5, 5.41) is 0. The first-order valence-electron chi connectivity index (χ1n) is 4.88. The zero-order valence-corrected chi connectivity index (χ0v) is 10.4. The van der Waals surface area contributed by atoms with Crippen molar-refractivity contribution in [2.45, 2.75) is 43.7 Å². The molecule has 0 saturated heterocycles. The second kappa shape index (κ2) is 5.14. The van der Waals surface area contributed by atoms with Gasteiger partial charge in [-0.25, -0.2) is 0 Å². The lowest BCUT2D eigenvalue weighted by Gasteiger charge is -2.40. The fourth-order valence-corrected chi connectivity index (χ4v) is 1.84. The molecule has 4 nitrogen and oxygen atoms in total. The molecule has 1 fully saturated rings. The topological polar surface area (TPSA) is 61.5 Å². The number of nitrogens with two attached hydrogens (primary N) is 1. The summed E-state index contributed by atoms with van der Waals surface area (Å²) in [6.45, 7) is 2.05. The molecule has 1 rings (SSSR count). The summed E-state index contributed by atoms with van der Waals surface area (Å²) in [5.41, 5.74) is 5.03. The van der Waals surface area contributed by atoms with Crippen LogP contribution in [0, 0.1) is 0 Å². The maximum absolute atomic E-state index is 11.4. The summed E-state index contributed by atoms with van der Waals surface area (Å²) in [4.78, 5) is 11.4. The van der Waals surface area contributed by atoms with Crippen molar-refractivity contribution in [3.63, 3.8) is 0 Å². The van der Waals surface area contributed by atoms with E-state index in [1.165, 1.54) is 7.11 Å². The van der Waals surface area contributed by atoms with Gasteiger partial charge in [0.15, 0.2) is 0 Å². The van der Waals surface area contributed by atoms with Crippen molar-refractivity contribution in [1.29, 1.82) is 0 Å². The quantitative estimate of drug-likeness (QED) is 0.735. The number of methoxy groups -OCH3 is 2. The lowest BCUT2D eigenvalue weighted by molar-refractivity contribution is -0.151. The average Bonchev–Trinajstić information content (AvgIpc) is 2.22. The Kier molecular flexibility index (Phi) is 5.03. The second-order valence-electron chi connectivity index (χ2n) is 4.30. The molecule has 0 bridgehead atoms. The zero-order chi connectivity index (χ0) is 10.8. The predicted octanol–water partition coefficient (Wildman–Crippen LogP) is 1.26. The summed E-state index contributed by atoms with van der Waals surface area (Å²) in [5.74, 6) is -0.310. The van der Waals surface area contributed by atoms with Gasteiger partial charge in [-0.1, -0.05) is 0 Å². The molecule has 1 saturated carbocycles. The van der Waals surface area contributed by atoms with Gasteiger partial charge in [0, 0.05) is 7.11 Å².